The van der Waals surface area contributed by atoms with Crippen molar-refractivity contribution in [3.05, 3.63) is 58.1 Å². The Morgan fingerprint density at radius 2 is 1.85 bits per heavy atom. The number of halogens is 1. The van der Waals surface area contributed by atoms with E-state index in [1.54, 1.807) is 7.11 Å². The summed E-state index contributed by atoms with van der Waals surface area (Å²) in [7, 11) is 1.64. The van der Waals surface area contributed by atoms with Crippen molar-refractivity contribution >= 4 is 15.9 Å². The molecule has 2 aromatic rings. The fourth-order valence-electron chi connectivity index (χ4n) is 2.06. The molecule has 1 unspecified atom stereocenters. The molecule has 0 bridgehead atoms. The van der Waals surface area contributed by atoms with Gasteiger partial charge >= 0.3 is 0 Å². The molecule has 0 heterocycles. The number of nitrogens with two attached hydrogens (primary N) is 1. The van der Waals surface area contributed by atoms with Crippen LogP contribution in [0, 0.1) is 0 Å². The maximum Gasteiger partial charge on any atom is 0.128 e. The second kappa shape index (κ2) is 6.77. The fraction of sp³-hybridized carbons (Fsp3) is 0.250. The van der Waals surface area contributed by atoms with Crippen LogP contribution in [0.3, 0.4) is 0 Å². The van der Waals surface area contributed by atoms with E-state index in [1.165, 1.54) is 0 Å². The first-order valence-electron chi connectivity index (χ1n) is 6.41. The van der Waals surface area contributed by atoms with Gasteiger partial charge < -0.3 is 15.2 Å². The number of hydrogen-bond acceptors (Lipinski definition) is 3. The van der Waals surface area contributed by atoms with E-state index < -0.39 is 0 Å². The number of rotatable bonds is 5. The molecule has 1 atom stereocenters. The van der Waals surface area contributed by atoms with Gasteiger partial charge in [0.15, 0.2) is 0 Å². The predicted octanol–water partition coefficient (Wildman–Crippen LogP) is 4.06. The number of ether oxygens (including phenoxy) is 2. The molecule has 3 nitrogen and oxygen atoms in total. The first-order valence-corrected chi connectivity index (χ1v) is 7.21. The van der Waals surface area contributed by atoms with E-state index in [1.807, 2.05) is 49.4 Å². The van der Waals surface area contributed by atoms with Crippen molar-refractivity contribution in [3.63, 3.8) is 0 Å². The topological polar surface area (TPSA) is 44.5 Å². The molecule has 0 aromatic heterocycles. The molecule has 0 saturated carbocycles. The Morgan fingerprint density at radius 1 is 1.15 bits per heavy atom. The third-order valence-corrected chi connectivity index (χ3v) is 3.48. The quantitative estimate of drug-likeness (QED) is 0.896. The lowest BCUT2D eigenvalue weighted by Gasteiger charge is -2.17. The second-order valence-corrected chi connectivity index (χ2v) is 5.50. The van der Waals surface area contributed by atoms with E-state index >= 15 is 0 Å². The average Bonchev–Trinajstić information content (AvgIpc) is 2.44. The SMILES string of the molecule is COc1cccc(OCc2cccc(Br)c2)c1C(C)N. The van der Waals surface area contributed by atoms with Crippen LogP contribution in [0.2, 0.25) is 0 Å². The van der Waals surface area contributed by atoms with Crippen LogP contribution in [-0.4, -0.2) is 7.11 Å². The molecule has 106 valence electrons. The summed E-state index contributed by atoms with van der Waals surface area (Å²) in [6.45, 7) is 2.41. The van der Waals surface area contributed by atoms with Gasteiger partial charge in [-0.15, -0.1) is 0 Å². The van der Waals surface area contributed by atoms with Crippen molar-refractivity contribution < 1.29 is 9.47 Å². The number of methoxy groups -OCH3 is 1. The van der Waals surface area contributed by atoms with Gasteiger partial charge in [-0.3, -0.25) is 0 Å². The maximum atomic E-state index is 6.02. The first-order chi connectivity index (χ1) is 9.61. The minimum atomic E-state index is -0.149. The molecule has 2 N–H and O–H groups in total. The summed E-state index contributed by atoms with van der Waals surface area (Å²) in [6, 6.07) is 13.6. The highest BCUT2D eigenvalue weighted by Gasteiger charge is 2.14. The van der Waals surface area contributed by atoms with Crippen molar-refractivity contribution in [2.24, 2.45) is 5.73 Å². The van der Waals surface area contributed by atoms with Gasteiger partial charge in [0.05, 0.1) is 12.7 Å². The third kappa shape index (κ3) is 3.52. The molecule has 0 spiro atoms. The molecule has 0 aliphatic carbocycles. The van der Waals surface area contributed by atoms with E-state index in [-0.39, 0.29) is 6.04 Å². The highest BCUT2D eigenvalue weighted by molar-refractivity contribution is 9.10. The van der Waals surface area contributed by atoms with Gasteiger partial charge in [0.1, 0.15) is 18.1 Å². The molecule has 2 aromatic carbocycles. The van der Waals surface area contributed by atoms with E-state index in [4.69, 9.17) is 15.2 Å². The molecule has 20 heavy (non-hydrogen) atoms. The van der Waals surface area contributed by atoms with E-state index in [0.717, 1.165) is 27.1 Å². The van der Waals surface area contributed by atoms with E-state index in [2.05, 4.69) is 15.9 Å². The summed E-state index contributed by atoms with van der Waals surface area (Å²) >= 11 is 3.45. The van der Waals surface area contributed by atoms with Crippen LogP contribution in [0.5, 0.6) is 11.5 Å². The van der Waals surface area contributed by atoms with Crippen molar-refractivity contribution in [3.8, 4) is 11.5 Å². The summed E-state index contributed by atoms with van der Waals surface area (Å²) in [5.41, 5.74) is 8.01. The van der Waals surface area contributed by atoms with Crippen LogP contribution in [0.15, 0.2) is 46.9 Å². The lowest BCUT2D eigenvalue weighted by molar-refractivity contribution is 0.297. The molecular weight excluding hydrogens is 318 g/mol. The molecule has 0 fully saturated rings. The standard InChI is InChI=1S/C16H18BrNO2/c1-11(18)16-14(19-2)7-4-8-15(16)20-10-12-5-3-6-13(17)9-12/h3-9,11H,10,18H2,1-2H3. The van der Waals surface area contributed by atoms with Crippen molar-refractivity contribution in [2.45, 2.75) is 19.6 Å². The molecule has 0 saturated heterocycles. The fourth-order valence-corrected chi connectivity index (χ4v) is 2.51. The average molecular weight is 336 g/mol. The Kier molecular flexibility index (Phi) is 5.04. The van der Waals surface area contributed by atoms with Gasteiger partial charge in [-0.25, -0.2) is 0 Å². The Hall–Kier alpha value is -1.52. The van der Waals surface area contributed by atoms with Crippen LogP contribution in [0.25, 0.3) is 0 Å². The van der Waals surface area contributed by atoms with E-state index in [0.29, 0.717) is 6.61 Å². The van der Waals surface area contributed by atoms with Gasteiger partial charge in [-0.05, 0) is 36.8 Å². The maximum absolute atomic E-state index is 6.02. The van der Waals surface area contributed by atoms with E-state index in [9.17, 15) is 0 Å². The largest absolute Gasteiger partial charge is 0.496 e. The summed E-state index contributed by atoms with van der Waals surface area (Å²) in [5.74, 6) is 1.52. The summed E-state index contributed by atoms with van der Waals surface area (Å²) in [6.07, 6.45) is 0. The minimum absolute atomic E-state index is 0.149. The molecule has 0 aliphatic rings. The zero-order valence-corrected chi connectivity index (χ0v) is 13.2. The zero-order chi connectivity index (χ0) is 14.5. The highest BCUT2D eigenvalue weighted by atomic mass is 79.9. The van der Waals surface area contributed by atoms with Crippen molar-refractivity contribution in [2.75, 3.05) is 7.11 Å². The molecular formula is C16H18BrNO2. The smallest absolute Gasteiger partial charge is 0.128 e. The van der Waals surface area contributed by atoms with Crippen LogP contribution in [0.4, 0.5) is 0 Å². The van der Waals surface area contributed by atoms with Crippen LogP contribution >= 0.6 is 15.9 Å². The number of hydrogen-bond donors (Lipinski definition) is 1. The predicted molar refractivity (Wildman–Crippen MR) is 84.1 cm³/mol. The molecule has 0 amide bonds. The van der Waals surface area contributed by atoms with Gasteiger partial charge in [-0.2, -0.15) is 0 Å². The van der Waals surface area contributed by atoms with Crippen LogP contribution in [0.1, 0.15) is 24.1 Å². The summed E-state index contributed by atoms with van der Waals surface area (Å²) in [5, 5.41) is 0. The van der Waals surface area contributed by atoms with Gasteiger partial charge in [-0.1, -0.05) is 34.1 Å². The Morgan fingerprint density at radius 3 is 2.50 bits per heavy atom. The number of benzene rings is 2. The minimum Gasteiger partial charge on any atom is -0.496 e. The van der Waals surface area contributed by atoms with Gasteiger partial charge in [0.25, 0.3) is 0 Å². The first kappa shape index (κ1) is 14.9. The molecule has 0 radical (unpaired) electrons. The lowest BCUT2D eigenvalue weighted by atomic mass is 10.1. The van der Waals surface area contributed by atoms with Crippen LogP contribution in [-0.2, 0) is 6.61 Å². The summed E-state index contributed by atoms with van der Waals surface area (Å²) in [4.78, 5) is 0. The highest BCUT2D eigenvalue weighted by Crippen LogP contribution is 2.33. The second-order valence-electron chi connectivity index (χ2n) is 4.58. The lowest BCUT2D eigenvalue weighted by Crippen LogP contribution is -2.10. The Labute approximate surface area is 127 Å². The van der Waals surface area contributed by atoms with Gasteiger partial charge in [0, 0.05) is 10.5 Å². The van der Waals surface area contributed by atoms with Crippen molar-refractivity contribution in [1.29, 1.82) is 0 Å². The Balaban J connectivity index is 2.21. The van der Waals surface area contributed by atoms with Crippen molar-refractivity contribution in [1.82, 2.24) is 0 Å². The molecule has 0 aliphatic heterocycles. The Bertz CT molecular complexity index is 584. The summed E-state index contributed by atoms with van der Waals surface area (Å²) < 4.78 is 12.3. The van der Waals surface area contributed by atoms with Crippen LogP contribution < -0.4 is 15.2 Å². The normalized spacial score (nSPS) is 12.0. The van der Waals surface area contributed by atoms with Gasteiger partial charge in [0.2, 0.25) is 0 Å². The zero-order valence-electron chi connectivity index (χ0n) is 11.6. The molecule has 4 heteroatoms. The monoisotopic (exact) mass is 335 g/mol. The third-order valence-electron chi connectivity index (χ3n) is 2.98. The molecule has 2 rings (SSSR count).